The van der Waals surface area contributed by atoms with E-state index in [-0.39, 0.29) is 17.9 Å². The van der Waals surface area contributed by atoms with E-state index in [1.54, 1.807) is 42.5 Å². The van der Waals surface area contributed by atoms with Crippen LogP contribution in [-0.4, -0.2) is 31.6 Å². The van der Waals surface area contributed by atoms with Crippen LogP contribution in [0.15, 0.2) is 66.2 Å². The summed E-state index contributed by atoms with van der Waals surface area (Å²) in [7, 11) is 1.51. The maximum Gasteiger partial charge on any atom is 0.335 e. The van der Waals surface area contributed by atoms with Gasteiger partial charge in [-0.2, -0.15) is 0 Å². The zero-order chi connectivity index (χ0) is 26.5. The van der Waals surface area contributed by atoms with E-state index in [1.165, 1.54) is 13.2 Å². The second-order valence-corrected chi connectivity index (χ2v) is 9.37. The van der Waals surface area contributed by atoms with Crippen LogP contribution in [0.5, 0.6) is 17.2 Å². The van der Waals surface area contributed by atoms with Crippen LogP contribution < -0.4 is 24.4 Å². The van der Waals surface area contributed by atoms with Crippen molar-refractivity contribution in [3.05, 3.63) is 86.0 Å². The van der Waals surface area contributed by atoms with Crippen LogP contribution in [-0.2, 0) is 16.2 Å². The fraction of sp³-hybridized carbons (Fsp3) is 0.148. The SMILES string of the molecule is CCOc1c(I)cc(/C=C2\C(=O)NC(=O)N(c3ccc(OCc4ccccc4Cl)cc3)C2=O)cc1OC. The van der Waals surface area contributed by atoms with Gasteiger partial charge in [0.1, 0.15) is 17.9 Å². The second kappa shape index (κ2) is 11.7. The molecule has 0 spiro atoms. The van der Waals surface area contributed by atoms with E-state index in [0.29, 0.717) is 34.4 Å². The summed E-state index contributed by atoms with van der Waals surface area (Å²) in [6.45, 7) is 2.57. The lowest BCUT2D eigenvalue weighted by atomic mass is 10.1. The molecule has 0 bridgehead atoms. The first-order chi connectivity index (χ1) is 17.8. The Bertz CT molecular complexity index is 1390. The molecule has 0 aliphatic carbocycles. The molecule has 1 N–H and O–H groups in total. The third kappa shape index (κ3) is 5.89. The van der Waals surface area contributed by atoms with Crippen molar-refractivity contribution in [2.75, 3.05) is 18.6 Å². The minimum absolute atomic E-state index is 0.194. The maximum atomic E-state index is 13.3. The largest absolute Gasteiger partial charge is 0.493 e. The summed E-state index contributed by atoms with van der Waals surface area (Å²) in [6, 6.07) is 16.3. The molecule has 4 amide bonds. The topological polar surface area (TPSA) is 94.2 Å². The van der Waals surface area contributed by atoms with Crippen molar-refractivity contribution >= 4 is 63.8 Å². The average molecular weight is 633 g/mol. The fourth-order valence-electron chi connectivity index (χ4n) is 3.63. The van der Waals surface area contributed by atoms with Gasteiger partial charge in [0.15, 0.2) is 11.5 Å². The number of ether oxygens (including phenoxy) is 3. The number of hydrogen-bond donors (Lipinski definition) is 1. The van der Waals surface area contributed by atoms with Crippen molar-refractivity contribution in [2.24, 2.45) is 0 Å². The van der Waals surface area contributed by atoms with Crippen molar-refractivity contribution in [1.82, 2.24) is 5.32 Å². The van der Waals surface area contributed by atoms with Crippen molar-refractivity contribution in [3.8, 4) is 17.2 Å². The number of hydrogen-bond acceptors (Lipinski definition) is 6. The maximum absolute atomic E-state index is 13.3. The lowest BCUT2D eigenvalue weighted by Crippen LogP contribution is -2.54. The van der Waals surface area contributed by atoms with E-state index in [4.69, 9.17) is 25.8 Å². The van der Waals surface area contributed by atoms with Gasteiger partial charge in [0.2, 0.25) is 0 Å². The molecule has 10 heteroatoms. The molecule has 3 aromatic rings. The highest BCUT2D eigenvalue weighted by Crippen LogP contribution is 2.35. The number of urea groups is 1. The molecule has 1 aliphatic heterocycles. The fourth-order valence-corrected chi connectivity index (χ4v) is 4.61. The van der Waals surface area contributed by atoms with Gasteiger partial charge in [-0.15, -0.1) is 0 Å². The highest BCUT2D eigenvalue weighted by Gasteiger charge is 2.37. The number of nitrogens with one attached hydrogen (secondary N) is 1. The Morgan fingerprint density at radius 2 is 1.76 bits per heavy atom. The molecule has 4 rings (SSSR count). The highest BCUT2D eigenvalue weighted by molar-refractivity contribution is 14.1. The van der Waals surface area contributed by atoms with Gasteiger partial charge in [-0.05, 0) is 83.6 Å². The number of barbiturate groups is 1. The summed E-state index contributed by atoms with van der Waals surface area (Å²) in [5.74, 6) is 0.0250. The molecule has 0 saturated carbocycles. The third-order valence-electron chi connectivity index (χ3n) is 5.40. The molecule has 0 atom stereocenters. The number of amides is 4. The number of nitrogens with zero attached hydrogens (tertiary/aromatic N) is 1. The van der Waals surface area contributed by atoms with E-state index in [2.05, 4.69) is 27.9 Å². The van der Waals surface area contributed by atoms with Crippen LogP contribution in [0.3, 0.4) is 0 Å². The van der Waals surface area contributed by atoms with Crippen LogP contribution in [0.1, 0.15) is 18.1 Å². The Morgan fingerprint density at radius 3 is 2.43 bits per heavy atom. The van der Waals surface area contributed by atoms with Gasteiger partial charge < -0.3 is 14.2 Å². The summed E-state index contributed by atoms with van der Waals surface area (Å²) in [4.78, 5) is 39.3. The van der Waals surface area contributed by atoms with E-state index < -0.39 is 17.8 Å². The third-order valence-corrected chi connectivity index (χ3v) is 6.57. The summed E-state index contributed by atoms with van der Waals surface area (Å²) < 4.78 is 17.5. The smallest absolute Gasteiger partial charge is 0.335 e. The summed E-state index contributed by atoms with van der Waals surface area (Å²) >= 11 is 8.26. The first kappa shape index (κ1) is 26.5. The predicted octanol–water partition coefficient (Wildman–Crippen LogP) is 5.60. The van der Waals surface area contributed by atoms with Crippen molar-refractivity contribution in [3.63, 3.8) is 0 Å². The summed E-state index contributed by atoms with van der Waals surface area (Å²) in [5.41, 5.74) is 1.46. The number of carbonyl (C=O) groups excluding carboxylic acids is 3. The summed E-state index contributed by atoms with van der Waals surface area (Å²) in [5, 5.41) is 2.82. The average Bonchev–Trinajstić information content (AvgIpc) is 2.88. The molecule has 1 aliphatic rings. The molecule has 1 fully saturated rings. The Kier molecular flexibility index (Phi) is 8.34. The van der Waals surface area contributed by atoms with Gasteiger partial charge in [0.05, 0.1) is 23.0 Å². The zero-order valence-electron chi connectivity index (χ0n) is 19.9. The molecular weight excluding hydrogens is 611 g/mol. The number of anilines is 1. The standard InChI is InChI=1S/C27H22ClIN2O6/c1-3-36-24-22(29)13-16(14-23(24)35-2)12-20-25(32)30-27(34)31(26(20)33)18-8-10-19(11-9-18)37-15-17-6-4-5-7-21(17)28/h4-14H,3,15H2,1-2H3,(H,30,32,34)/b20-12+. The van der Waals surface area contributed by atoms with Crippen LogP contribution in [0.2, 0.25) is 5.02 Å². The van der Waals surface area contributed by atoms with Gasteiger partial charge in [0, 0.05) is 10.6 Å². The number of methoxy groups -OCH3 is 1. The van der Waals surface area contributed by atoms with E-state index in [9.17, 15) is 14.4 Å². The van der Waals surface area contributed by atoms with Crippen molar-refractivity contribution in [1.29, 1.82) is 0 Å². The van der Waals surface area contributed by atoms with Crippen LogP contribution >= 0.6 is 34.2 Å². The van der Waals surface area contributed by atoms with E-state index in [1.807, 2.05) is 25.1 Å². The van der Waals surface area contributed by atoms with E-state index in [0.717, 1.165) is 14.0 Å². The lowest BCUT2D eigenvalue weighted by molar-refractivity contribution is -0.122. The van der Waals surface area contributed by atoms with Gasteiger partial charge in [0.25, 0.3) is 11.8 Å². The van der Waals surface area contributed by atoms with Gasteiger partial charge >= 0.3 is 6.03 Å². The van der Waals surface area contributed by atoms with E-state index >= 15 is 0 Å². The normalized spacial score (nSPS) is 14.5. The minimum Gasteiger partial charge on any atom is -0.493 e. The van der Waals surface area contributed by atoms with Crippen molar-refractivity contribution in [2.45, 2.75) is 13.5 Å². The molecule has 0 aromatic heterocycles. The molecular formula is C27H22ClIN2O6. The number of carbonyl (C=O) groups is 3. The van der Waals surface area contributed by atoms with Crippen LogP contribution in [0.25, 0.3) is 6.08 Å². The van der Waals surface area contributed by atoms with Crippen molar-refractivity contribution < 1.29 is 28.6 Å². The zero-order valence-corrected chi connectivity index (χ0v) is 22.8. The predicted molar refractivity (Wildman–Crippen MR) is 148 cm³/mol. The highest BCUT2D eigenvalue weighted by atomic mass is 127. The molecule has 0 radical (unpaired) electrons. The van der Waals surface area contributed by atoms with Gasteiger partial charge in [-0.25, -0.2) is 9.69 Å². The minimum atomic E-state index is -0.837. The monoisotopic (exact) mass is 632 g/mol. The summed E-state index contributed by atoms with van der Waals surface area (Å²) in [6.07, 6.45) is 1.42. The second-order valence-electron chi connectivity index (χ2n) is 7.80. The first-order valence-corrected chi connectivity index (χ1v) is 12.7. The molecule has 190 valence electrons. The molecule has 8 nitrogen and oxygen atoms in total. The Hall–Kier alpha value is -3.57. The molecule has 0 unspecified atom stereocenters. The molecule has 3 aromatic carbocycles. The molecule has 1 heterocycles. The van der Waals surface area contributed by atoms with Crippen LogP contribution in [0, 0.1) is 3.57 Å². The number of imide groups is 2. The van der Waals surface area contributed by atoms with Crippen LogP contribution in [0.4, 0.5) is 10.5 Å². The molecule has 37 heavy (non-hydrogen) atoms. The number of halogens is 2. The Balaban J connectivity index is 1.57. The molecule has 1 saturated heterocycles. The first-order valence-electron chi connectivity index (χ1n) is 11.2. The number of benzene rings is 3. The lowest BCUT2D eigenvalue weighted by Gasteiger charge is -2.26. The Labute approximate surface area is 232 Å². The van der Waals surface area contributed by atoms with Gasteiger partial charge in [-0.1, -0.05) is 29.8 Å². The van der Waals surface area contributed by atoms with Gasteiger partial charge in [-0.3, -0.25) is 14.9 Å². The number of rotatable bonds is 8. The quantitative estimate of drug-likeness (QED) is 0.198. The Morgan fingerprint density at radius 1 is 1.03 bits per heavy atom.